The third-order valence-corrected chi connectivity index (χ3v) is 4.25. The van der Waals surface area contributed by atoms with Gasteiger partial charge >= 0.3 is 0 Å². The Hall–Kier alpha value is -2.68. The number of hydrogen-bond acceptors (Lipinski definition) is 5. The number of amides is 1. The largest absolute Gasteiger partial charge is 0.325 e. The van der Waals surface area contributed by atoms with Gasteiger partial charge in [0.1, 0.15) is 11.5 Å². The van der Waals surface area contributed by atoms with Crippen LogP contribution in [0.4, 0.5) is 11.5 Å². The van der Waals surface area contributed by atoms with Crippen LogP contribution in [0.25, 0.3) is 0 Å². The SMILES string of the molecule is CCS(=O)(=O)Nc1ccc(C(=O)Nc2ccc(C)[nH]c2=O)cn1. The second-order valence-corrected chi connectivity index (χ2v) is 6.79. The molecule has 0 aliphatic rings. The summed E-state index contributed by atoms with van der Waals surface area (Å²) in [6.45, 7) is 3.23. The summed E-state index contributed by atoms with van der Waals surface area (Å²) in [5, 5.41) is 2.47. The van der Waals surface area contributed by atoms with Crippen molar-refractivity contribution in [2.75, 3.05) is 15.8 Å². The Morgan fingerprint density at radius 2 is 2.00 bits per heavy atom. The lowest BCUT2D eigenvalue weighted by Gasteiger charge is -2.07. The summed E-state index contributed by atoms with van der Waals surface area (Å²) in [7, 11) is -3.42. The van der Waals surface area contributed by atoms with E-state index in [4.69, 9.17) is 0 Å². The number of aromatic nitrogens is 2. The van der Waals surface area contributed by atoms with Crippen LogP contribution in [-0.2, 0) is 10.0 Å². The van der Waals surface area contributed by atoms with Crippen molar-refractivity contribution in [1.29, 1.82) is 0 Å². The zero-order valence-corrected chi connectivity index (χ0v) is 13.4. The van der Waals surface area contributed by atoms with Crippen LogP contribution in [0.2, 0.25) is 0 Å². The van der Waals surface area contributed by atoms with Crippen LogP contribution in [0, 0.1) is 6.92 Å². The van der Waals surface area contributed by atoms with Gasteiger partial charge in [0, 0.05) is 11.9 Å². The molecule has 0 saturated heterocycles. The standard InChI is InChI=1S/C14H16N4O4S/c1-3-23(21,22)18-12-7-5-10(8-15-12)13(19)17-11-6-4-9(2)16-14(11)20/h4-8H,3H2,1-2H3,(H,15,18)(H,16,20)(H,17,19). The first kappa shape index (κ1) is 16.7. The van der Waals surface area contributed by atoms with Gasteiger partial charge in [0.2, 0.25) is 10.0 Å². The lowest BCUT2D eigenvalue weighted by atomic mass is 10.2. The molecule has 1 amide bonds. The van der Waals surface area contributed by atoms with Gasteiger partial charge in [-0.15, -0.1) is 0 Å². The number of pyridine rings is 2. The Kier molecular flexibility index (Phi) is 4.80. The molecule has 2 heterocycles. The molecular formula is C14H16N4O4S. The lowest BCUT2D eigenvalue weighted by molar-refractivity contribution is 0.102. The molecule has 0 bridgehead atoms. The second-order valence-electron chi connectivity index (χ2n) is 4.78. The molecule has 3 N–H and O–H groups in total. The molecular weight excluding hydrogens is 320 g/mol. The first-order valence-corrected chi connectivity index (χ1v) is 8.44. The molecule has 0 aliphatic carbocycles. The fraction of sp³-hybridized carbons (Fsp3) is 0.214. The number of carbonyl (C=O) groups is 1. The van der Waals surface area contributed by atoms with E-state index in [1.54, 1.807) is 13.0 Å². The highest BCUT2D eigenvalue weighted by atomic mass is 32.2. The van der Waals surface area contributed by atoms with Crippen molar-refractivity contribution in [3.8, 4) is 0 Å². The van der Waals surface area contributed by atoms with Gasteiger partial charge in [-0.25, -0.2) is 13.4 Å². The van der Waals surface area contributed by atoms with E-state index >= 15 is 0 Å². The summed E-state index contributed by atoms with van der Waals surface area (Å²) in [6, 6.07) is 5.96. The van der Waals surface area contributed by atoms with Gasteiger partial charge < -0.3 is 10.3 Å². The zero-order valence-electron chi connectivity index (χ0n) is 12.6. The highest BCUT2D eigenvalue weighted by Crippen LogP contribution is 2.09. The normalized spacial score (nSPS) is 11.0. The van der Waals surface area contributed by atoms with Crippen molar-refractivity contribution >= 4 is 27.4 Å². The van der Waals surface area contributed by atoms with Gasteiger partial charge in [0.25, 0.3) is 11.5 Å². The molecule has 0 aliphatic heterocycles. The van der Waals surface area contributed by atoms with Crippen LogP contribution in [0.5, 0.6) is 0 Å². The average Bonchev–Trinajstić information content (AvgIpc) is 2.50. The van der Waals surface area contributed by atoms with Crippen LogP contribution in [-0.4, -0.2) is 30.0 Å². The van der Waals surface area contributed by atoms with E-state index in [0.717, 1.165) is 0 Å². The van der Waals surface area contributed by atoms with Gasteiger partial charge in [-0.05, 0) is 38.1 Å². The van der Waals surface area contributed by atoms with Crippen molar-refractivity contribution in [2.24, 2.45) is 0 Å². The number of carbonyl (C=O) groups excluding carboxylic acids is 1. The Labute approximate surface area is 133 Å². The molecule has 2 aromatic rings. The van der Waals surface area contributed by atoms with E-state index in [2.05, 4.69) is 20.0 Å². The number of aryl methyl sites for hydroxylation is 1. The number of nitrogens with one attached hydrogen (secondary N) is 3. The molecule has 9 heteroatoms. The van der Waals surface area contributed by atoms with E-state index in [-0.39, 0.29) is 22.8 Å². The Morgan fingerprint density at radius 1 is 1.26 bits per heavy atom. The van der Waals surface area contributed by atoms with Crippen molar-refractivity contribution in [2.45, 2.75) is 13.8 Å². The van der Waals surface area contributed by atoms with Gasteiger partial charge in [-0.2, -0.15) is 0 Å². The Morgan fingerprint density at radius 3 is 2.57 bits per heavy atom. The maximum absolute atomic E-state index is 12.1. The van der Waals surface area contributed by atoms with Crippen LogP contribution in [0.1, 0.15) is 23.0 Å². The first-order valence-electron chi connectivity index (χ1n) is 6.78. The van der Waals surface area contributed by atoms with Crippen molar-refractivity contribution in [1.82, 2.24) is 9.97 Å². The van der Waals surface area contributed by atoms with E-state index in [1.165, 1.54) is 31.3 Å². The molecule has 0 spiro atoms. The van der Waals surface area contributed by atoms with E-state index < -0.39 is 21.5 Å². The third-order valence-electron chi connectivity index (χ3n) is 2.97. The third kappa shape index (κ3) is 4.39. The van der Waals surface area contributed by atoms with Gasteiger partial charge in [-0.1, -0.05) is 0 Å². The fourth-order valence-electron chi connectivity index (χ4n) is 1.69. The van der Waals surface area contributed by atoms with Gasteiger partial charge in [0.05, 0.1) is 11.3 Å². The molecule has 0 atom stereocenters. The van der Waals surface area contributed by atoms with E-state index in [9.17, 15) is 18.0 Å². The highest BCUT2D eigenvalue weighted by molar-refractivity contribution is 7.92. The number of hydrogen-bond donors (Lipinski definition) is 3. The van der Waals surface area contributed by atoms with Crippen molar-refractivity contribution < 1.29 is 13.2 Å². The Bertz CT molecular complexity index is 872. The molecule has 2 rings (SSSR count). The van der Waals surface area contributed by atoms with Gasteiger partial charge in [-0.3, -0.25) is 14.3 Å². The number of aromatic amines is 1. The summed E-state index contributed by atoms with van der Waals surface area (Å²) >= 11 is 0. The lowest BCUT2D eigenvalue weighted by Crippen LogP contribution is -2.20. The smallest absolute Gasteiger partial charge is 0.271 e. The summed E-state index contributed by atoms with van der Waals surface area (Å²) in [4.78, 5) is 30.2. The summed E-state index contributed by atoms with van der Waals surface area (Å²) in [5.41, 5.74) is 0.599. The highest BCUT2D eigenvalue weighted by Gasteiger charge is 2.11. The molecule has 0 aromatic carbocycles. The van der Waals surface area contributed by atoms with Crippen LogP contribution >= 0.6 is 0 Å². The topological polar surface area (TPSA) is 121 Å². The van der Waals surface area contributed by atoms with Crippen LogP contribution in [0.15, 0.2) is 35.3 Å². The number of sulfonamides is 1. The minimum Gasteiger partial charge on any atom is -0.325 e. The summed E-state index contributed by atoms with van der Waals surface area (Å²) in [6.07, 6.45) is 1.23. The minimum absolute atomic E-state index is 0.0763. The van der Waals surface area contributed by atoms with Gasteiger partial charge in [0.15, 0.2) is 0 Å². The Balaban J connectivity index is 2.13. The molecule has 0 fully saturated rings. The molecule has 122 valence electrons. The predicted octanol–water partition coefficient (Wildman–Crippen LogP) is 1.09. The average molecular weight is 336 g/mol. The second kappa shape index (κ2) is 6.61. The van der Waals surface area contributed by atoms with E-state index in [0.29, 0.717) is 5.69 Å². The maximum Gasteiger partial charge on any atom is 0.271 e. The van der Waals surface area contributed by atoms with Crippen LogP contribution in [0.3, 0.4) is 0 Å². The van der Waals surface area contributed by atoms with Crippen molar-refractivity contribution in [3.63, 3.8) is 0 Å². The zero-order chi connectivity index (χ0) is 17.0. The fourth-order valence-corrected chi connectivity index (χ4v) is 2.27. The van der Waals surface area contributed by atoms with Crippen molar-refractivity contribution in [3.05, 3.63) is 52.1 Å². The molecule has 23 heavy (non-hydrogen) atoms. The maximum atomic E-state index is 12.1. The number of anilines is 2. The van der Waals surface area contributed by atoms with Crippen LogP contribution < -0.4 is 15.6 Å². The summed E-state index contributed by atoms with van der Waals surface area (Å²) < 4.78 is 25.1. The molecule has 0 saturated carbocycles. The minimum atomic E-state index is -3.42. The monoisotopic (exact) mass is 336 g/mol. The number of nitrogens with zero attached hydrogens (tertiary/aromatic N) is 1. The summed E-state index contributed by atoms with van der Waals surface area (Å²) in [5.74, 6) is -0.471. The van der Waals surface area contributed by atoms with E-state index in [1.807, 2.05) is 0 Å². The molecule has 0 unspecified atom stereocenters. The predicted molar refractivity (Wildman–Crippen MR) is 87.1 cm³/mol. The molecule has 8 nitrogen and oxygen atoms in total. The molecule has 2 aromatic heterocycles. The molecule has 0 radical (unpaired) electrons. The number of H-pyrrole nitrogens is 1. The quantitative estimate of drug-likeness (QED) is 0.755. The number of rotatable bonds is 5. The first-order chi connectivity index (χ1) is 10.8.